The highest BCUT2D eigenvalue weighted by Crippen LogP contribution is 2.35. The van der Waals surface area contributed by atoms with E-state index in [0.29, 0.717) is 5.16 Å². The highest BCUT2D eigenvalue weighted by atomic mass is 32.2. The van der Waals surface area contributed by atoms with Gasteiger partial charge in [-0.25, -0.2) is 4.98 Å². The van der Waals surface area contributed by atoms with E-state index in [1.165, 1.54) is 25.2 Å². The van der Waals surface area contributed by atoms with Gasteiger partial charge in [0.15, 0.2) is 5.16 Å². The first-order valence-electron chi connectivity index (χ1n) is 5.37. The van der Waals surface area contributed by atoms with Crippen LogP contribution in [0, 0.1) is 6.92 Å². The molecule has 0 radical (unpaired) electrons. The maximum absolute atomic E-state index is 11.9. The Labute approximate surface area is 109 Å². The molecule has 1 aromatic carbocycles. The van der Waals surface area contributed by atoms with E-state index in [2.05, 4.69) is 15.2 Å². The van der Waals surface area contributed by atoms with Crippen LogP contribution in [0.25, 0.3) is 0 Å². The molecule has 2 rings (SSSR count). The number of hydrogen-bond acceptors (Lipinski definition) is 5. The van der Waals surface area contributed by atoms with Gasteiger partial charge in [-0.05, 0) is 18.1 Å². The summed E-state index contributed by atoms with van der Waals surface area (Å²) in [5, 5.41) is 6.65. The molecule has 0 saturated heterocycles. The van der Waals surface area contributed by atoms with Gasteiger partial charge in [0.1, 0.15) is 11.6 Å². The monoisotopic (exact) mass is 263 g/mol. The Morgan fingerprint density at radius 1 is 1.44 bits per heavy atom. The lowest BCUT2D eigenvalue weighted by Gasteiger charge is -2.15. The summed E-state index contributed by atoms with van der Waals surface area (Å²) < 4.78 is 4.85. The molecule has 2 aromatic rings. The minimum atomic E-state index is -0.441. The van der Waals surface area contributed by atoms with E-state index in [1.54, 1.807) is 0 Å². The van der Waals surface area contributed by atoms with Gasteiger partial charge in [0.2, 0.25) is 0 Å². The lowest BCUT2D eigenvalue weighted by Crippen LogP contribution is -2.12. The van der Waals surface area contributed by atoms with Crippen LogP contribution in [0.4, 0.5) is 0 Å². The van der Waals surface area contributed by atoms with Gasteiger partial charge in [-0.1, -0.05) is 36.0 Å². The van der Waals surface area contributed by atoms with Gasteiger partial charge in [0.05, 0.1) is 7.11 Å². The number of nitrogens with one attached hydrogen (secondary N) is 1. The van der Waals surface area contributed by atoms with E-state index >= 15 is 0 Å². The average Bonchev–Trinajstić information content (AvgIpc) is 2.89. The maximum atomic E-state index is 11.9. The topological polar surface area (TPSA) is 67.9 Å². The lowest BCUT2D eigenvalue weighted by molar-refractivity contribution is -0.140. The molecule has 1 unspecified atom stereocenters. The zero-order valence-corrected chi connectivity index (χ0v) is 10.9. The Hall–Kier alpha value is -1.82. The molecule has 18 heavy (non-hydrogen) atoms. The molecule has 0 aliphatic heterocycles. The van der Waals surface area contributed by atoms with Crippen LogP contribution in [-0.2, 0) is 9.53 Å². The van der Waals surface area contributed by atoms with Crippen LogP contribution < -0.4 is 0 Å². The van der Waals surface area contributed by atoms with Crippen LogP contribution in [-0.4, -0.2) is 28.3 Å². The summed E-state index contributed by atoms with van der Waals surface area (Å²) in [6.07, 6.45) is 1.41. The van der Waals surface area contributed by atoms with Gasteiger partial charge < -0.3 is 4.74 Å². The first-order chi connectivity index (χ1) is 8.72. The number of ether oxygens (including phenoxy) is 1. The first kappa shape index (κ1) is 12.6. The molecule has 1 N–H and O–H groups in total. The largest absolute Gasteiger partial charge is 0.468 e. The Morgan fingerprint density at radius 2 is 2.22 bits per heavy atom. The number of methoxy groups -OCH3 is 1. The van der Waals surface area contributed by atoms with Crippen molar-refractivity contribution in [3.8, 4) is 0 Å². The van der Waals surface area contributed by atoms with Crippen LogP contribution in [0.2, 0.25) is 0 Å². The second-order valence-electron chi connectivity index (χ2n) is 3.67. The molecule has 94 valence electrons. The quantitative estimate of drug-likeness (QED) is 0.676. The average molecular weight is 263 g/mol. The standard InChI is InChI=1S/C12H13N3O2S/c1-8-5-3-4-6-9(8)10(11(16)17-2)18-12-13-7-14-15-12/h3-7,10H,1-2H3,(H,13,14,15). The van der Waals surface area contributed by atoms with Gasteiger partial charge in [-0.3, -0.25) is 9.89 Å². The summed E-state index contributed by atoms with van der Waals surface area (Å²) in [6.45, 7) is 1.96. The fraction of sp³-hybridized carbons (Fsp3) is 0.250. The molecule has 1 atom stereocenters. The number of nitrogens with zero attached hydrogens (tertiary/aromatic N) is 2. The number of H-pyrrole nitrogens is 1. The van der Waals surface area contributed by atoms with E-state index in [9.17, 15) is 4.79 Å². The van der Waals surface area contributed by atoms with Crippen molar-refractivity contribution in [2.75, 3.05) is 7.11 Å². The molecule has 0 amide bonds. The van der Waals surface area contributed by atoms with E-state index in [1.807, 2.05) is 31.2 Å². The van der Waals surface area contributed by atoms with Crippen molar-refractivity contribution in [1.82, 2.24) is 15.2 Å². The van der Waals surface area contributed by atoms with Crippen LogP contribution in [0.5, 0.6) is 0 Å². The smallest absolute Gasteiger partial charge is 0.323 e. The molecule has 0 aliphatic carbocycles. The van der Waals surface area contributed by atoms with Crippen molar-refractivity contribution in [3.05, 3.63) is 41.7 Å². The summed E-state index contributed by atoms with van der Waals surface area (Å²) in [7, 11) is 1.38. The minimum Gasteiger partial charge on any atom is -0.468 e. The predicted octanol–water partition coefficient (Wildman–Crippen LogP) is 2.12. The fourth-order valence-electron chi connectivity index (χ4n) is 1.59. The van der Waals surface area contributed by atoms with E-state index in [-0.39, 0.29) is 5.97 Å². The first-order valence-corrected chi connectivity index (χ1v) is 6.25. The van der Waals surface area contributed by atoms with E-state index in [0.717, 1.165) is 11.1 Å². The third kappa shape index (κ3) is 2.70. The van der Waals surface area contributed by atoms with Crippen LogP contribution in [0.1, 0.15) is 16.4 Å². The normalized spacial score (nSPS) is 12.1. The van der Waals surface area contributed by atoms with Crippen molar-refractivity contribution in [1.29, 1.82) is 0 Å². The molecule has 0 bridgehead atoms. The van der Waals surface area contributed by atoms with Crippen molar-refractivity contribution >= 4 is 17.7 Å². The van der Waals surface area contributed by atoms with E-state index in [4.69, 9.17) is 4.74 Å². The highest BCUT2D eigenvalue weighted by molar-refractivity contribution is 8.00. The predicted molar refractivity (Wildman–Crippen MR) is 68.2 cm³/mol. The fourth-order valence-corrected chi connectivity index (χ4v) is 2.61. The minimum absolute atomic E-state index is 0.300. The zero-order chi connectivity index (χ0) is 13.0. The van der Waals surface area contributed by atoms with Gasteiger partial charge in [0, 0.05) is 0 Å². The van der Waals surface area contributed by atoms with E-state index < -0.39 is 5.25 Å². The van der Waals surface area contributed by atoms with Crippen molar-refractivity contribution in [2.24, 2.45) is 0 Å². The molecule has 0 fully saturated rings. The molecule has 0 aliphatic rings. The number of aromatic nitrogens is 3. The Morgan fingerprint density at radius 3 is 2.83 bits per heavy atom. The summed E-state index contributed by atoms with van der Waals surface area (Å²) in [4.78, 5) is 15.9. The van der Waals surface area contributed by atoms with Crippen LogP contribution in [0.3, 0.4) is 0 Å². The van der Waals surface area contributed by atoms with Crippen LogP contribution >= 0.6 is 11.8 Å². The summed E-state index contributed by atoms with van der Waals surface area (Å²) >= 11 is 1.29. The molecule has 5 nitrogen and oxygen atoms in total. The second kappa shape index (κ2) is 5.68. The number of aromatic amines is 1. The number of hydrogen-bond donors (Lipinski definition) is 1. The summed E-state index contributed by atoms with van der Waals surface area (Å²) in [6, 6.07) is 7.72. The van der Waals surface area contributed by atoms with Gasteiger partial charge >= 0.3 is 5.97 Å². The third-order valence-corrected chi connectivity index (χ3v) is 3.61. The SMILES string of the molecule is COC(=O)C(Sc1ncn[nH]1)c1ccccc1C. The van der Waals surface area contributed by atoms with Crippen molar-refractivity contribution in [2.45, 2.75) is 17.3 Å². The van der Waals surface area contributed by atoms with Crippen molar-refractivity contribution < 1.29 is 9.53 Å². The number of carbonyl (C=O) groups excluding carboxylic acids is 1. The number of thioether (sulfide) groups is 1. The lowest BCUT2D eigenvalue weighted by atomic mass is 10.1. The number of esters is 1. The van der Waals surface area contributed by atoms with Gasteiger partial charge in [-0.15, -0.1) is 0 Å². The second-order valence-corrected chi connectivity index (χ2v) is 4.76. The molecule has 0 saturated carbocycles. The maximum Gasteiger partial charge on any atom is 0.323 e. The molecule has 1 aromatic heterocycles. The molecular formula is C12H13N3O2S. The Bertz CT molecular complexity index is 528. The summed E-state index contributed by atoms with van der Waals surface area (Å²) in [5.41, 5.74) is 1.96. The molecule has 0 spiro atoms. The molecular weight excluding hydrogens is 250 g/mol. The number of benzene rings is 1. The van der Waals surface area contributed by atoms with Crippen LogP contribution in [0.15, 0.2) is 35.7 Å². The number of aryl methyl sites for hydroxylation is 1. The van der Waals surface area contributed by atoms with Crippen molar-refractivity contribution in [3.63, 3.8) is 0 Å². The number of rotatable bonds is 4. The third-order valence-electron chi connectivity index (χ3n) is 2.51. The molecule has 6 heteroatoms. The summed E-state index contributed by atoms with van der Waals surface area (Å²) in [5.74, 6) is -0.300. The Kier molecular flexibility index (Phi) is 3.99. The molecule has 1 heterocycles. The van der Waals surface area contributed by atoms with Gasteiger partial charge in [-0.2, -0.15) is 5.10 Å². The highest BCUT2D eigenvalue weighted by Gasteiger charge is 2.25. The Balaban J connectivity index is 2.31. The number of carbonyl (C=O) groups is 1. The van der Waals surface area contributed by atoms with Gasteiger partial charge in [0.25, 0.3) is 0 Å². The zero-order valence-electron chi connectivity index (χ0n) is 10.1.